The van der Waals surface area contributed by atoms with Gasteiger partial charge in [0.15, 0.2) is 0 Å². The van der Waals surface area contributed by atoms with Gasteiger partial charge in [-0.3, -0.25) is 52.7 Å². The molecular weight excluding hydrogens is 1170 g/mol. The largest absolute Gasteiger partial charge is 0.354 e. The number of carbonyl (C=O) groups is 11. The molecule has 0 aromatic heterocycles. The molecule has 1 saturated heterocycles. The molecule has 24 heteroatoms. The first kappa shape index (κ1) is 78.5. The molecule has 0 bridgehead atoms. The van der Waals surface area contributed by atoms with E-state index in [0.29, 0.717) is 25.3 Å². The van der Waals surface area contributed by atoms with Crippen LogP contribution in [0.5, 0.6) is 0 Å². The number of hydrogen-bond acceptors (Lipinski definition) is 12. The molecule has 1 heterocycles. The van der Waals surface area contributed by atoms with Crippen LogP contribution in [0, 0.1) is 41.3 Å². The Labute approximate surface area is 541 Å². The van der Waals surface area contributed by atoms with Crippen LogP contribution in [0.4, 0.5) is 4.39 Å². The van der Waals surface area contributed by atoms with Gasteiger partial charge >= 0.3 is 0 Å². The van der Waals surface area contributed by atoms with Gasteiger partial charge in [-0.25, -0.2) is 4.39 Å². The average Bonchev–Trinajstić information content (AvgIpc) is 1.89. The van der Waals surface area contributed by atoms with Crippen molar-refractivity contribution in [3.8, 4) is 0 Å². The summed E-state index contributed by atoms with van der Waals surface area (Å²) in [6.45, 7) is 28.4. The Morgan fingerprint density at radius 1 is 0.549 bits per heavy atom. The lowest BCUT2D eigenvalue weighted by Crippen LogP contribution is -2.66. The smallest absolute Gasteiger partial charge is 0.254 e. The third-order valence-corrected chi connectivity index (χ3v) is 16.4. The third kappa shape index (κ3) is 26.8. The number of likely N-dealkylation sites (tertiary alicyclic amines) is 1. The van der Waals surface area contributed by atoms with E-state index in [1.165, 1.54) is 70.7 Å². The van der Waals surface area contributed by atoms with E-state index in [2.05, 4.69) is 53.2 Å². The van der Waals surface area contributed by atoms with Gasteiger partial charge in [0, 0.05) is 37.7 Å². The maximum absolute atomic E-state index is 14.5. The maximum Gasteiger partial charge on any atom is 0.254 e. The van der Waals surface area contributed by atoms with Crippen LogP contribution in [0.2, 0.25) is 0 Å². The number of likely N-dealkylation sites (N-methyl/N-ethyl adjacent to an activating group) is 1. The normalized spacial score (nSPS) is 17.7. The van der Waals surface area contributed by atoms with Crippen LogP contribution in [-0.4, -0.2) is 167 Å². The van der Waals surface area contributed by atoms with Crippen molar-refractivity contribution in [1.29, 1.82) is 0 Å². The van der Waals surface area contributed by atoms with Gasteiger partial charge in [0.2, 0.25) is 59.1 Å². The van der Waals surface area contributed by atoms with Crippen molar-refractivity contribution in [2.45, 2.75) is 253 Å². The van der Waals surface area contributed by atoms with Crippen molar-refractivity contribution in [2.75, 3.05) is 33.7 Å². The van der Waals surface area contributed by atoms with Crippen LogP contribution in [0.3, 0.4) is 0 Å². The van der Waals surface area contributed by atoms with Crippen molar-refractivity contribution in [2.24, 2.45) is 35.5 Å². The lowest BCUT2D eigenvalue weighted by atomic mass is 9.85. The van der Waals surface area contributed by atoms with E-state index in [1.54, 1.807) is 0 Å². The van der Waals surface area contributed by atoms with Crippen molar-refractivity contribution in [1.82, 2.24) is 63.0 Å². The van der Waals surface area contributed by atoms with Crippen LogP contribution in [0.15, 0.2) is 24.3 Å². The zero-order valence-corrected chi connectivity index (χ0v) is 57.9. The molecule has 514 valence electrons. The van der Waals surface area contributed by atoms with Crippen LogP contribution >= 0.6 is 0 Å². The number of benzene rings is 1. The fourth-order valence-corrected chi connectivity index (χ4v) is 11.5. The van der Waals surface area contributed by atoms with E-state index in [-0.39, 0.29) is 98.7 Å². The standard InChI is InChI=1S/C67H113FN12O11/c1-39(2)32-49(55(82)69-31-30-54(81)70-44(10)38-79(17)18)74-63(90)66(13,14)78-64(91)67(15,16)77-59(86)52(35-42(7)8)73-57(84)50(33-40(3)4)75-62(89)65(11,12)76-58(85)51(34-41(5)6)72-56(83)48(29-24-45-22-20-19-21-23-45)71-60(87)53-36-43(9)37-80(53)61(88)46-25-27-47(68)28-26-46/h25-28,39-45,48-53H,19-24,29-38H2,1-18H3,(H,69,82)(H,70,81)(H,71,87)(H,72,83)(H,73,84)(H,74,90)(H,75,89)(H,76,85)(H,77,86)(H,78,91)/t43-,44-,48-,49-,50-,51-,52-,53-/m0/s1. The van der Waals surface area contributed by atoms with Gasteiger partial charge < -0.3 is 63.0 Å². The van der Waals surface area contributed by atoms with E-state index >= 15 is 0 Å². The minimum absolute atomic E-state index is 0.0205. The van der Waals surface area contributed by atoms with Crippen molar-refractivity contribution in [3.05, 3.63) is 35.6 Å². The van der Waals surface area contributed by atoms with Gasteiger partial charge in [-0.2, -0.15) is 0 Å². The molecule has 0 spiro atoms. The third-order valence-electron chi connectivity index (χ3n) is 16.4. The molecule has 1 aromatic rings. The highest BCUT2D eigenvalue weighted by atomic mass is 19.1. The Bertz CT molecular complexity index is 2640. The molecule has 91 heavy (non-hydrogen) atoms. The first-order valence-corrected chi connectivity index (χ1v) is 33.0. The van der Waals surface area contributed by atoms with Crippen molar-refractivity contribution in [3.63, 3.8) is 0 Å². The number of nitrogens with one attached hydrogen (secondary N) is 10. The molecular formula is C67H113FN12O11. The second kappa shape index (κ2) is 35.9. The van der Waals surface area contributed by atoms with Gasteiger partial charge in [-0.15, -0.1) is 0 Å². The molecule has 2 aliphatic rings. The summed E-state index contributed by atoms with van der Waals surface area (Å²) in [4.78, 5) is 157. The van der Waals surface area contributed by atoms with Crippen LogP contribution < -0.4 is 53.2 Å². The van der Waals surface area contributed by atoms with E-state index in [0.717, 1.165) is 32.1 Å². The zero-order chi connectivity index (χ0) is 68.9. The molecule has 1 aliphatic heterocycles. The highest BCUT2D eigenvalue weighted by Crippen LogP contribution is 2.29. The summed E-state index contributed by atoms with van der Waals surface area (Å²) in [5.41, 5.74) is -4.72. The highest BCUT2D eigenvalue weighted by Gasteiger charge is 2.43. The lowest BCUT2D eigenvalue weighted by molar-refractivity contribution is -0.139. The molecule has 1 aromatic carbocycles. The molecule has 23 nitrogen and oxygen atoms in total. The molecule has 1 aliphatic carbocycles. The number of rotatable bonds is 35. The van der Waals surface area contributed by atoms with E-state index in [9.17, 15) is 57.1 Å². The SMILES string of the molecule is CC(C)C[C@H](NC(=O)[C@H](CCC1CCCCC1)NC(=O)[C@@H]1C[C@H](C)CN1C(=O)c1ccc(F)cc1)C(=O)NC(C)(C)C(=O)N[C@@H](CC(C)C)C(=O)N[C@@H](CC(C)C)C(=O)NC(C)(C)C(=O)NC(C)(C)C(=O)N[C@@H](CC(C)C)C(=O)NCCC(=O)N[C@@H](C)CN(C)C. The number of nitrogens with zero attached hydrogens (tertiary/aromatic N) is 2. The monoisotopic (exact) mass is 1280 g/mol. The first-order chi connectivity index (χ1) is 42.2. The lowest BCUT2D eigenvalue weighted by Gasteiger charge is -2.34. The summed E-state index contributed by atoms with van der Waals surface area (Å²) in [6.07, 6.45) is 7.17. The second-order valence-corrected chi connectivity index (χ2v) is 29.2. The Hall–Kier alpha value is -6.72. The molecule has 3 rings (SSSR count). The minimum atomic E-state index is -1.68. The topological polar surface area (TPSA) is 315 Å². The minimum Gasteiger partial charge on any atom is -0.354 e. The Kier molecular flexibility index (Phi) is 31.0. The summed E-state index contributed by atoms with van der Waals surface area (Å²) in [5.74, 6) is -7.22. The zero-order valence-electron chi connectivity index (χ0n) is 57.9. The average molecular weight is 1280 g/mol. The molecule has 1 saturated carbocycles. The fraction of sp³-hybridized carbons (Fsp3) is 0.746. The van der Waals surface area contributed by atoms with Crippen LogP contribution in [0.1, 0.15) is 205 Å². The molecule has 8 atom stereocenters. The summed E-state index contributed by atoms with van der Waals surface area (Å²) in [7, 11) is 3.79. The van der Waals surface area contributed by atoms with E-state index < -0.39 is 118 Å². The van der Waals surface area contributed by atoms with Gasteiger partial charge in [-0.05, 0) is 167 Å². The fourth-order valence-electron chi connectivity index (χ4n) is 11.5. The van der Waals surface area contributed by atoms with Crippen LogP contribution in [-0.2, 0) is 47.9 Å². The number of hydrogen-bond donors (Lipinski definition) is 10. The number of amides is 11. The summed E-state index contributed by atoms with van der Waals surface area (Å²) in [6, 6.07) is -1.56. The Balaban J connectivity index is 1.76. The highest BCUT2D eigenvalue weighted by molar-refractivity contribution is 6.01. The molecule has 0 unspecified atom stereocenters. The summed E-state index contributed by atoms with van der Waals surface area (Å²) >= 11 is 0. The Morgan fingerprint density at radius 3 is 1.46 bits per heavy atom. The van der Waals surface area contributed by atoms with E-state index in [1.807, 2.05) is 88.2 Å². The second-order valence-electron chi connectivity index (χ2n) is 29.2. The summed E-state index contributed by atoms with van der Waals surface area (Å²) < 4.78 is 13.8. The van der Waals surface area contributed by atoms with E-state index in [4.69, 9.17) is 0 Å². The number of carbonyl (C=O) groups excluding carboxylic acids is 11. The first-order valence-electron chi connectivity index (χ1n) is 33.0. The number of halogens is 1. The molecule has 2 fully saturated rings. The predicted octanol–water partition coefficient (Wildman–Crippen LogP) is 4.90. The van der Waals surface area contributed by atoms with Gasteiger partial charge in [0.1, 0.15) is 58.7 Å². The van der Waals surface area contributed by atoms with Gasteiger partial charge in [-0.1, -0.05) is 94.4 Å². The summed E-state index contributed by atoms with van der Waals surface area (Å²) in [5, 5.41) is 28.0. The Morgan fingerprint density at radius 2 is 0.989 bits per heavy atom. The molecule has 0 radical (unpaired) electrons. The van der Waals surface area contributed by atoms with Crippen molar-refractivity contribution < 1.29 is 57.1 Å². The quantitative estimate of drug-likeness (QED) is 0.0434. The molecule has 11 amide bonds. The molecule has 10 N–H and O–H groups in total. The maximum atomic E-state index is 14.5. The van der Waals surface area contributed by atoms with Crippen LogP contribution in [0.25, 0.3) is 0 Å². The predicted molar refractivity (Wildman–Crippen MR) is 349 cm³/mol. The van der Waals surface area contributed by atoms with Crippen molar-refractivity contribution >= 4 is 65.0 Å². The van der Waals surface area contributed by atoms with Gasteiger partial charge in [0.25, 0.3) is 5.91 Å². The van der Waals surface area contributed by atoms with Gasteiger partial charge in [0.05, 0.1) is 0 Å².